The van der Waals surface area contributed by atoms with Crippen LogP contribution in [0.1, 0.15) is 28.8 Å². The van der Waals surface area contributed by atoms with Gasteiger partial charge in [-0.15, -0.1) is 0 Å². The van der Waals surface area contributed by atoms with Crippen LogP contribution in [-0.2, 0) is 11.3 Å². The van der Waals surface area contributed by atoms with Crippen LogP contribution in [0.4, 0.5) is 5.82 Å². The Balaban J connectivity index is 1.78. The van der Waals surface area contributed by atoms with Crippen molar-refractivity contribution in [3.63, 3.8) is 0 Å². The number of carbonyl (C=O) groups is 1. The molecule has 0 radical (unpaired) electrons. The van der Waals surface area contributed by atoms with Crippen LogP contribution in [0.2, 0.25) is 0 Å². The van der Waals surface area contributed by atoms with Gasteiger partial charge in [0.25, 0.3) is 5.91 Å². The Hall–Kier alpha value is -3.52. The maximum atomic E-state index is 13.7. The lowest BCUT2D eigenvalue weighted by Gasteiger charge is -2.28. The molecule has 186 valence electrons. The molecule has 0 spiro atoms. The van der Waals surface area contributed by atoms with Crippen LogP contribution >= 0.6 is 0 Å². The van der Waals surface area contributed by atoms with Gasteiger partial charge in [0.2, 0.25) is 0 Å². The Kier molecular flexibility index (Phi) is 7.60. The fourth-order valence-electron chi connectivity index (χ4n) is 4.48. The van der Waals surface area contributed by atoms with Gasteiger partial charge in [-0.3, -0.25) is 4.79 Å². The van der Waals surface area contributed by atoms with E-state index in [1.54, 1.807) is 27.4 Å². The zero-order valence-electron chi connectivity index (χ0n) is 21.0. The molecule has 2 aromatic carbocycles. The zero-order chi connectivity index (χ0) is 24.9. The van der Waals surface area contributed by atoms with Crippen molar-refractivity contribution in [1.29, 1.82) is 0 Å². The SMILES string of the molecule is COc1cccc(C(=O)N(Cc2cc3c(OC)ccc(OC)c3nc2N(C)C)C[C@H]2CCCO2)c1. The predicted octanol–water partition coefficient (Wildman–Crippen LogP) is 4.15. The first-order chi connectivity index (χ1) is 16.9. The molecule has 0 unspecified atom stereocenters. The van der Waals surface area contributed by atoms with Crippen molar-refractivity contribution in [2.75, 3.05) is 53.5 Å². The number of nitrogens with zero attached hydrogens (tertiary/aromatic N) is 3. The summed E-state index contributed by atoms with van der Waals surface area (Å²) >= 11 is 0. The minimum atomic E-state index is -0.0817. The van der Waals surface area contributed by atoms with Crippen LogP contribution in [0.15, 0.2) is 42.5 Å². The van der Waals surface area contributed by atoms with Gasteiger partial charge < -0.3 is 28.7 Å². The molecule has 2 heterocycles. The molecular formula is C27H33N3O5. The van der Waals surface area contributed by atoms with E-state index in [1.165, 1.54) is 0 Å². The van der Waals surface area contributed by atoms with Crippen LogP contribution < -0.4 is 19.1 Å². The zero-order valence-corrected chi connectivity index (χ0v) is 21.0. The first-order valence-electron chi connectivity index (χ1n) is 11.7. The first-order valence-corrected chi connectivity index (χ1v) is 11.7. The molecule has 3 aromatic rings. The van der Waals surface area contributed by atoms with E-state index in [-0.39, 0.29) is 12.0 Å². The fraction of sp³-hybridized carbons (Fsp3) is 0.407. The summed E-state index contributed by atoms with van der Waals surface area (Å²) in [4.78, 5) is 22.4. The summed E-state index contributed by atoms with van der Waals surface area (Å²) in [6, 6.07) is 13.0. The molecule has 35 heavy (non-hydrogen) atoms. The lowest BCUT2D eigenvalue weighted by atomic mass is 10.1. The molecule has 8 nitrogen and oxygen atoms in total. The molecule has 0 saturated carbocycles. The number of carbonyl (C=O) groups excluding carboxylic acids is 1. The van der Waals surface area contributed by atoms with E-state index in [2.05, 4.69) is 0 Å². The molecule has 0 N–H and O–H groups in total. The second kappa shape index (κ2) is 10.8. The van der Waals surface area contributed by atoms with Gasteiger partial charge in [0.05, 0.1) is 27.4 Å². The number of amides is 1. The number of aromatic nitrogens is 1. The number of anilines is 1. The third-order valence-corrected chi connectivity index (χ3v) is 6.24. The Morgan fingerprint density at radius 3 is 2.49 bits per heavy atom. The number of hydrogen-bond donors (Lipinski definition) is 0. The quantitative estimate of drug-likeness (QED) is 0.457. The van der Waals surface area contributed by atoms with Crippen LogP contribution in [0.25, 0.3) is 10.9 Å². The van der Waals surface area contributed by atoms with Crippen molar-refractivity contribution in [3.05, 3.63) is 53.6 Å². The highest BCUT2D eigenvalue weighted by molar-refractivity contribution is 5.95. The van der Waals surface area contributed by atoms with Gasteiger partial charge >= 0.3 is 0 Å². The normalized spacial score (nSPS) is 15.2. The number of fused-ring (bicyclic) bond motifs is 1. The molecule has 1 aromatic heterocycles. The highest BCUT2D eigenvalue weighted by Gasteiger charge is 2.26. The average Bonchev–Trinajstić information content (AvgIpc) is 3.39. The van der Waals surface area contributed by atoms with Crippen LogP contribution in [0, 0.1) is 0 Å². The van der Waals surface area contributed by atoms with Crippen molar-refractivity contribution in [2.24, 2.45) is 0 Å². The molecule has 8 heteroatoms. The number of ether oxygens (including phenoxy) is 4. The summed E-state index contributed by atoms with van der Waals surface area (Å²) in [5, 5.41) is 0.832. The molecule has 4 rings (SSSR count). The number of benzene rings is 2. The maximum Gasteiger partial charge on any atom is 0.254 e. The fourth-order valence-corrected chi connectivity index (χ4v) is 4.48. The first kappa shape index (κ1) is 24.6. The average molecular weight is 480 g/mol. The minimum Gasteiger partial charge on any atom is -0.497 e. The number of methoxy groups -OCH3 is 3. The summed E-state index contributed by atoms with van der Waals surface area (Å²) in [6.45, 7) is 1.59. The highest BCUT2D eigenvalue weighted by atomic mass is 16.5. The van der Waals surface area contributed by atoms with E-state index in [4.69, 9.17) is 23.9 Å². The molecule has 1 saturated heterocycles. The van der Waals surface area contributed by atoms with E-state index < -0.39 is 0 Å². The van der Waals surface area contributed by atoms with E-state index >= 15 is 0 Å². The summed E-state index contributed by atoms with van der Waals surface area (Å²) in [5.74, 6) is 2.69. The Labute approximate surface area is 206 Å². The maximum absolute atomic E-state index is 13.7. The lowest BCUT2D eigenvalue weighted by molar-refractivity contribution is 0.0507. The second-order valence-electron chi connectivity index (χ2n) is 8.78. The van der Waals surface area contributed by atoms with Crippen LogP contribution in [0.5, 0.6) is 17.2 Å². The number of pyridine rings is 1. The molecular weight excluding hydrogens is 446 g/mol. The monoisotopic (exact) mass is 479 g/mol. The topological polar surface area (TPSA) is 73.4 Å². The summed E-state index contributed by atoms with van der Waals surface area (Å²) in [6.07, 6.45) is 1.95. The van der Waals surface area contributed by atoms with E-state index in [9.17, 15) is 4.79 Å². The van der Waals surface area contributed by atoms with Gasteiger partial charge in [-0.25, -0.2) is 4.98 Å². The van der Waals surface area contributed by atoms with Gasteiger partial charge in [-0.1, -0.05) is 6.07 Å². The molecule has 0 aliphatic carbocycles. The molecule has 1 atom stereocenters. The van der Waals surface area contributed by atoms with Crippen molar-refractivity contribution in [1.82, 2.24) is 9.88 Å². The standard InChI is InChI=1S/C27H33N3O5/c1-29(2)26-19(15-22-23(33-4)11-12-24(34-5)25(22)28-26)16-30(17-21-10-7-13-35-21)27(31)18-8-6-9-20(14-18)32-3/h6,8-9,11-12,14-15,21H,7,10,13,16-17H2,1-5H3/t21-/m1/s1. The number of hydrogen-bond acceptors (Lipinski definition) is 7. The lowest BCUT2D eigenvalue weighted by Crippen LogP contribution is -2.37. The smallest absolute Gasteiger partial charge is 0.254 e. The largest absolute Gasteiger partial charge is 0.497 e. The van der Waals surface area contributed by atoms with Gasteiger partial charge in [0, 0.05) is 50.3 Å². The third kappa shape index (κ3) is 5.27. The van der Waals surface area contributed by atoms with Crippen molar-refractivity contribution in [3.8, 4) is 17.2 Å². The Bertz CT molecular complexity index is 1190. The van der Waals surface area contributed by atoms with Gasteiger partial charge in [-0.05, 0) is 49.2 Å². The Morgan fingerprint density at radius 2 is 1.83 bits per heavy atom. The summed E-state index contributed by atoms with van der Waals surface area (Å²) in [5.41, 5.74) is 2.19. The summed E-state index contributed by atoms with van der Waals surface area (Å²) in [7, 11) is 8.75. The van der Waals surface area contributed by atoms with Crippen LogP contribution in [0.3, 0.4) is 0 Å². The summed E-state index contributed by atoms with van der Waals surface area (Å²) < 4.78 is 22.4. The molecule has 1 aliphatic rings. The van der Waals surface area contributed by atoms with Gasteiger partial charge in [-0.2, -0.15) is 0 Å². The van der Waals surface area contributed by atoms with E-state index in [1.807, 2.05) is 60.3 Å². The van der Waals surface area contributed by atoms with Gasteiger partial charge in [0.1, 0.15) is 28.6 Å². The van der Waals surface area contributed by atoms with Crippen LogP contribution in [-0.4, -0.2) is 70.5 Å². The molecule has 0 bridgehead atoms. The van der Waals surface area contributed by atoms with E-state index in [0.717, 1.165) is 36.2 Å². The van der Waals surface area contributed by atoms with Crippen molar-refractivity contribution in [2.45, 2.75) is 25.5 Å². The van der Waals surface area contributed by atoms with Gasteiger partial charge in [0.15, 0.2) is 0 Å². The third-order valence-electron chi connectivity index (χ3n) is 6.24. The van der Waals surface area contributed by atoms with Crippen molar-refractivity contribution < 1.29 is 23.7 Å². The van der Waals surface area contributed by atoms with E-state index in [0.29, 0.717) is 41.4 Å². The predicted molar refractivity (Wildman–Crippen MR) is 136 cm³/mol. The molecule has 1 fully saturated rings. The minimum absolute atomic E-state index is 0.00964. The molecule has 1 amide bonds. The molecule has 1 aliphatic heterocycles. The van der Waals surface area contributed by atoms with Crippen molar-refractivity contribution >= 4 is 22.6 Å². The number of rotatable bonds is 9. The second-order valence-corrected chi connectivity index (χ2v) is 8.78. The Morgan fingerprint density at radius 1 is 1.06 bits per heavy atom. The highest BCUT2D eigenvalue weighted by Crippen LogP contribution is 2.35.